The molecular weight excluding hydrogens is 329 g/mol. The molecule has 0 saturated carbocycles. The molecule has 0 bridgehead atoms. The summed E-state index contributed by atoms with van der Waals surface area (Å²) < 4.78 is 40.4. The minimum absolute atomic E-state index is 0.0731. The smallest absolute Gasteiger partial charge is 0.319 e. The molecule has 3 aromatic heterocycles. The van der Waals surface area contributed by atoms with E-state index in [0.29, 0.717) is 11.4 Å². The van der Waals surface area contributed by atoms with Crippen LogP contribution in [-0.2, 0) is 6.18 Å². The van der Waals surface area contributed by atoms with Crippen LogP contribution in [0.4, 0.5) is 13.2 Å². The number of aryl methyl sites for hydroxylation is 1. The quantitative estimate of drug-likeness (QED) is 0.772. The Kier molecular flexibility index (Phi) is 3.77. The van der Waals surface area contributed by atoms with Gasteiger partial charge in [0.05, 0.1) is 28.0 Å². The Hall–Kier alpha value is -2.12. The number of imidazole rings is 1. The molecule has 23 heavy (non-hydrogen) atoms. The van der Waals surface area contributed by atoms with Crippen LogP contribution in [0.1, 0.15) is 28.6 Å². The van der Waals surface area contributed by atoms with Crippen molar-refractivity contribution in [2.45, 2.75) is 19.1 Å². The van der Waals surface area contributed by atoms with Gasteiger partial charge in [-0.3, -0.25) is 9.38 Å². The molecule has 1 atom stereocenters. The number of rotatable bonds is 2. The predicted molar refractivity (Wildman–Crippen MR) is 80.2 cm³/mol. The Bertz CT molecular complexity index is 859. The van der Waals surface area contributed by atoms with Gasteiger partial charge in [0, 0.05) is 18.6 Å². The van der Waals surface area contributed by atoms with Crippen molar-refractivity contribution in [3.63, 3.8) is 0 Å². The van der Waals surface area contributed by atoms with Crippen LogP contribution in [0.25, 0.3) is 5.65 Å². The third-order valence-corrected chi connectivity index (χ3v) is 3.86. The van der Waals surface area contributed by atoms with Crippen LogP contribution < -0.4 is 5.73 Å². The Morgan fingerprint density at radius 3 is 2.52 bits per heavy atom. The topological polar surface area (TPSA) is 56.2 Å². The van der Waals surface area contributed by atoms with Gasteiger partial charge in [0.25, 0.3) is 0 Å². The number of halogens is 4. The fourth-order valence-electron chi connectivity index (χ4n) is 2.49. The Balaban J connectivity index is 2.24. The molecule has 0 aliphatic carbocycles. The summed E-state index contributed by atoms with van der Waals surface area (Å²) in [6.07, 6.45) is -0.393. The van der Waals surface area contributed by atoms with Crippen LogP contribution in [-0.4, -0.2) is 14.4 Å². The largest absolute Gasteiger partial charge is 0.417 e. The number of nitrogens with two attached hydrogens (primary N) is 1. The van der Waals surface area contributed by atoms with Crippen molar-refractivity contribution in [1.29, 1.82) is 0 Å². The van der Waals surface area contributed by atoms with Gasteiger partial charge in [-0.25, -0.2) is 4.98 Å². The number of hydrogen-bond donors (Lipinski definition) is 1. The number of alkyl halides is 3. The molecule has 120 valence electrons. The van der Waals surface area contributed by atoms with E-state index >= 15 is 0 Å². The molecule has 2 N–H and O–H groups in total. The first-order chi connectivity index (χ1) is 10.8. The maximum Gasteiger partial charge on any atom is 0.417 e. The minimum Gasteiger partial charge on any atom is -0.319 e. The number of fused-ring (bicyclic) bond motifs is 1. The van der Waals surface area contributed by atoms with E-state index in [1.807, 2.05) is 0 Å². The van der Waals surface area contributed by atoms with Crippen LogP contribution in [0.2, 0.25) is 5.02 Å². The summed E-state index contributed by atoms with van der Waals surface area (Å²) in [6.45, 7) is 1.69. The monoisotopic (exact) mass is 340 g/mol. The second kappa shape index (κ2) is 5.50. The molecule has 0 spiro atoms. The lowest BCUT2D eigenvalue weighted by molar-refractivity contribution is -0.137. The summed E-state index contributed by atoms with van der Waals surface area (Å²) >= 11 is 5.97. The van der Waals surface area contributed by atoms with Gasteiger partial charge in [-0.15, -0.1) is 0 Å². The van der Waals surface area contributed by atoms with Crippen LogP contribution in [0, 0.1) is 6.92 Å². The van der Waals surface area contributed by atoms with Crippen molar-refractivity contribution in [2.24, 2.45) is 5.73 Å². The summed E-state index contributed by atoms with van der Waals surface area (Å²) in [4.78, 5) is 8.16. The highest BCUT2D eigenvalue weighted by Gasteiger charge is 2.32. The van der Waals surface area contributed by atoms with E-state index in [4.69, 9.17) is 17.3 Å². The highest BCUT2D eigenvalue weighted by Crippen LogP contribution is 2.34. The molecule has 0 fully saturated rings. The fraction of sp³-hybridized carbons (Fsp3) is 0.200. The van der Waals surface area contributed by atoms with Gasteiger partial charge in [0.2, 0.25) is 0 Å². The first-order valence-electron chi connectivity index (χ1n) is 6.70. The number of aromatic nitrogens is 3. The molecule has 0 saturated heterocycles. The van der Waals surface area contributed by atoms with E-state index in [1.54, 1.807) is 31.5 Å². The lowest BCUT2D eigenvalue weighted by atomic mass is 10.0. The number of hydrogen-bond acceptors (Lipinski definition) is 3. The van der Waals surface area contributed by atoms with E-state index < -0.39 is 17.8 Å². The van der Waals surface area contributed by atoms with Gasteiger partial charge in [0.1, 0.15) is 0 Å². The molecule has 3 heterocycles. The highest BCUT2D eigenvalue weighted by atomic mass is 35.5. The molecule has 1 unspecified atom stereocenters. The van der Waals surface area contributed by atoms with E-state index in [1.165, 1.54) is 4.40 Å². The van der Waals surface area contributed by atoms with Crippen LogP contribution in [0.15, 0.2) is 36.8 Å². The maximum atomic E-state index is 13.0. The molecule has 8 heteroatoms. The van der Waals surface area contributed by atoms with E-state index in [-0.39, 0.29) is 10.7 Å². The van der Waals surface area contributed by atoms with Crippen molar-refractivity contribution < 1.29 is 13.2 Å². The fourth-order valence-corrected chi connectivity index (χ4v) is 2.74. The average molecular weight is 341 g/mol. The van der Waals surface area contributed by atoms with Gasteiger partial charge in [0.15, 0.2) is 5.65 Å². The van der Waals surface area contributed by atoms with Gasteiger partial charge >= 0.3 is 6.18 Å². The third kappa shape index (κ3) is 2.77. The molecular formula is C15H12ClF3N4. The SMILES string of the molecule is Cc1nc2c(Cl)cc(C(F)(F)F)cn2c1C(N)c1ccncc1. The number of nitrogens with zero attached hydrogens (tertiary/aromatic N) is 3. The minimum atomic E-state index is -4.51. The summed E-state index contributed by atoms with van der Waals surface area (Å²) in [5, 5.41) is -0.0731. The van der Waals surface area contributed by atoms with Gasteiger partial charge in [-0.1, -0.05) is 11.6 Å². The maximum absolute atomic E-state index is 13.0. The van der Waals surface area contributed by atoms with Crippen molar-refractivity contribution in [1.82, 2.24) is 14.4 Å². The lowest BCUT2D eigenvalue weighted by Crippen LogP contribution is -2.16. The molecule has 0 amide bonds. The van der Waals surface area contributed by atoms with E-state index in [9.17, 15) is 13.2 Å². The lowest BCUT2D eigenvalue weighted by Gasteiger charge is -2.15. The predicted octanol–water partition coefficient (Wildman–Crippen LogP) is 3.76. The Labute approximate surface area is 134 Å². The summed E-state index contributed by atoms with van der Waals surface area (Å²) in [5.74, 6) is 0. The second-order valence-corrected chi connectivity index (χ2v) is 5.52. The van der Waals surface area contributed by atoms with Gasteiger partial charge < -0.3 is 5.73 Å². The second-order valence-electron chi connectivity index (χ2n) is 5.11. The molecule has 3 aromatic rings. The summed E-state index contributed by atoms with van der Waals surface area (Å²) in [6, 6.07) is 3.63. The van der Waals surface area contributed by atoms with Crippen LogP contribution >= 0.6 is 11.6 Å². The van der Waals surface area contributed by atoms with Crippen LogP contribution in [0.5, 0.6) is 0 Å². The van der Waals surface area contributed by atoms with Crippen LogP contribution in [0.3, 0.4) is 0 Å². The Morgan fingerprint density at radius 1 is 1.26 bits per heavy atom. The zero-order valence-electron chi connectivity index (χ0n) is 12.0. The van der Waals surface area contributed by atoms with Gasteiger partial charge in [-0.05, 0) is 30.7 Å². The zero-order chi connectivity index (χ0) is 16.8. The normalized spacial score (nSPS) is 13.5. The van der Waals surface area contributed by atoms with Gasteiger partial charge in [-0.2, -0.15) is 13.2 Å². The molecule has 0 aromatic carbocycles. The summed E-state index contributed by atoms with van der Waals surface area (Å²) in [5.41, 5.74) is 7.32. The van der Waals surface area contributed by atoms with E-state index in [0.717, 1.165) is 17.8 Å². The standard InChI is InChI=1S/C15H12ClF3N4/c1-8-13(12(20)9-2-4-21-5-3-9)23-7-10(15(17,18)19)6-11(16)14(23)22-8/h2-7,12H,20H2,1H3. The third-order valence-electron chi connectivity index (χ3n) is 3.58. The molecule has 4 nitrogen and oxygen atoms in total. The zero-order valence-corrected chi connectivity index (χ0v) is 12.7. The molecule has 3 rings (SSSR count). The first-order valence-corrected chi connectivity index (χ1v) is 7.07. The van der Waals surface area contributed by atoms with E-state index in [2.05, 4.69) is 9.97 Å². The molecule has 0 aliphatic heterocycles. The average Bonchev–Trinajstić information content (AvgIpc) is 2.83. The van der Waals surface area contributed by atoms with Crippen molar-refractivity contribution in [3.8, 4) is 0 Å². The first kappa shape index (κ1) is 15.8. The Morgan fingerprint density at radius 2 is 1.91 bits per heavy atom. The summed E-state index contributed by atoms with van der Waals surface area (Å²) in [7, 11) is 0. The highest BCUT2D eigenvalue weighted by molar-refractivity contribution is 6.33. The van der Waals surface area contributed by atoms with Crippen molar-refractivity contribution >= 4 is 17.2 Å². The van der Waals surface area contributed by atoms with Crippen molar-refractivity contribution in [2.75, 3.05) is 0 Å². The molecule has 0 aliphatic rings. The molecule has 0 radical (unpaired) electrons. The van der Waals surface area contributed by atoms with Crippen molar-refractivity contribution in [3.05, 3.63) is 64.3 Å². The number of pyridine rings is 2.